The van der Waals surface area contributed by atoms with Crippen LogP contribution in [-0.4, -0.2) is 30.6 Å². The number of nitrogens with zero attached hydrogens (tertiary/aromatic N) is 1. The number of rotatable bonds is 5. The molecule has 1 unspecified atom stereocenters. The Balaban J connectivity index is 0.00000161. The standard InChI is InChI=1S/C14H17N3O2S.ClH/c1-19-7-10(15)13(18)16-9-4-5-11-12(6-9)20-14(17-11)8-2-3-8;/h4-6,8,10H,2-3,7,15H2,1H3,(H,16,18);1H. The summed E-state index contributed by atoms with van der Waals surface area (Å²) in [7, 11) is 1.52. The highest BCUT2D eigenvalue weighted by atomic mass is 35.5. The Hall–Kier alpha value is -1.21. The van der Waals surface area contributed by atoms with Gasteiger partial charge in [-0.25, -0.2) is 4.98 Å². The van der Waals surface area contributed by atoms with Gasteiger partial charge in [-0.2, -0.15) is 0 Å². The second-order valence-electron chi connectivity index (χ2n) is 5.06. The van der Waals surface area contributed by atoms with E-state index in [1.54, 1.807) is 11.3 Å². The molecule has 1 heterocycles. The number of hydrogen-bond donors (Lipinski definition) is 2. The molecule has 0 aliphatic heterocycles. The number of amides is 1. The minimum Gasteiger partial charge on any atom is -0.383 e. The zero-order valence-corrected chi connectivity index (χ0v) is 13.3. The normalized spacial score (nSPS) is 15.5. The molecular formula is C14H18ClN3O2S. The van der Waals surface area contributed by atoms with Crippen LogP contribution in [0.5, 0.6) is 0 Å². The highest BCUT2D eigenvalue weighted by molar-refractivity contribution is 7.18. The summed E-state index contributed by atoms with van der Waals surface area (Å²) in [6, 6.07) is 5.10. The van der Waals surface area contributed by atoms with Gasteiger partial charge in [-0.05, 0) is 31.0 Å². The molecule has 1 saturated carbocycles. The number of aromatic nitrogens is 1. The minimum atomic E-state index is -0.654. The van der Waals surface area contributed by atoms with Crippen LogP contribution in [0.1, 0.15) is 23.8 Å². The molecule has 114 valence electrons. The van der Waals surface area contributed by atoms with Crippen LogP contribution < -0.4 is 11.1 Å². The van der Waals surface area contributed by atoms with Gasteiger partial charge in [0.05, 0.1) is 21.8 Å². The molecule has 1 aliphatic rings. The van der Waals surface area contributed by atoms with Crippen LogP contribution >= 0.6 is 23.7 Å². The summed E-state index contributed by atoms with van der Waals surface area (Å²) in [5.74, 6) is 0.415. The summed E-state index contributed by atoms with van der Waals surface area (Å²) >= 11 is 1.71. The minimum absolute atomic E-state index is 0. The van der Waals surface area contributed by atoms with Gasteiger partial charge >= 0.3 is 0 Å². The fraction of sp³-hybridized carbons (Fsp3) is 0.429. The monoisotopic (exact) mass is 327 g/mol. The molecule has 1 aliphatic carbocycles. The Kier molecular flexibility index (Phi) is 5.16. The molecule has 0 spiro atoms. The van der Waals surface area contributed by atoms with Crippen LogP contribution in [0.4, 0.5) is 5.69 Å². The summed E-state index contributed by atoms with van der Waals surface area (Å²) in [5, 5.41) is 4.02. The molecule has 2 aromatic rings. The number of anilines is 1. The van der Waals surface area contributed by atoms with Crippen molar-refractivity contribution in [1.82, 2.24) is 4.98 Å². The molecular weight excluding hydrogens is 310 g/mol. The van der Waals surface area contributed by atoms with Crippen molar-refractivity contribution in [2.75, 3.05) is 19.0 Å². The van der Waals surface area contributed by atoms with Gasteiger partial charge in [0, 0.05) is 18.7 Å². The first-order valence-corrected chi connectivity index (χ1v) is 7.45. The van der Waals surface area contributed by atoms with Gasteiger partial charge in [0.25, 0.3) is 0 Å². The second kappa shape index (κ2) is 6.70. The maximum Gasteiger partial charge on any atom is 0.243 e. The number of ether oxygens (including phenoxy) is 1. The van der Waals surface area contributed by atoms with Crippen molar-refractivity contribution in [2.45, 2.75) is 24.8 Å². The fourth-order valence-electron chi connectivity index (χ4n) is 2.02. The molecule has 0 saturated heterocycles. The lowest BCUT2D eigenvalue weighted by Crippen LogP contribution is -2.39. The van der Waals surface area contributed by atoms with Gasteiger partial charge in [-0.15, -0.1) is 23.7 Å². The molecule has 0 radical (unpaired) electrons. The number of carbonyl (C=O) groups is 1. The van der Waals surface area contributed by atoms with Crippen molar-refractivity contribution in [3.8, 4) is 0 Å². The third-order valence-corrected chi connectivity index (χ3v) is 4.46. The molecule has 3 N–H and O–H groups in total. The Morgan fingerprint density at radius 3 is 3.00 bits per heavy atom. The Morgan fingerprint density at radius 2 is 2.33 bits per heavy atom. The van der Waals surface area contributed by atoms with Crippen molar-refractivity contribution < 1.29 is 9.53 Å². The van der Waals surface area contributed by atoms with E-state index in [1.807, 2.05) is 18.2 Å². The van der Waals surface area contributed by atoms with Crippen molar-refractivity contribution in [3.05, 3.63) is 23.2 Å². The highest BCUT2D eigenvalue weighted by Gasteiger charge is 2.27. The maximum absolute atomic E-state index is 11.8. The predicted octanol–water partition coefficient (Wildman–Crippen LogP) is 2.51. The van der Waals surface area contributed by atoms with Crippen molar-refractivity contribution in [3.63, 3.8) is 0 Å². The lowest BCUT2D eigenvalue weighted by atomic mass is 10.2. The summed E-state index contributed by atoms with van der Waals surface area (Å²) in [4.78, 5) is 16.5. The van der Waals surface area contributed by atoms with Crippen molar-refractivity contribution in [1.29, 1.82) is 0 Å². The van der Waals surface area contributed by atoms with Gasteiger partial charge in [0.15, 0.2) is 0 Å². The van der Waals surface area contributed by atoms with Gasteiger partial charge in [0.2, 0.25) is 5.91 Å². The number of thiazole rings is 1. The number of fused-ring (bicyclic) bond motifs is 1. The van der Waals surface area contributed by atoms with E-state index >= 15 is 0 Å². The van der Waals surface area contributed by atoms with Gasteiger partial charge in [-0.1, -0.05) is 0 Å². The molecule has 1 atom stereocenters. The highest BCUT2D eigenvalue weighted by Crippen LogP contribution is 2.43. The third-order valence-electron chi connectivity index (χ3n) is 3.28. The molecule has 0 bridgehead atoms. The van der Waals surface area contributed by atoms with E-state index in [0.717, 1.165) is 15.9 Å². The molecule has 7 heteroatoms. The number of benzene rings is 1. The van der Waals surface area contributed by atoms with Crippen LogP contribution in [-0.2, 0) is 9.53 Å². The first kappa shape index (κ1) is 16.2. The zero-order valence-electron chi connectivity index (χ0n) is 11.7. The summed E-state index contributed by atoms with van der Waals surface area (Å²) in [5.41, 5.74) is 7.44. The van der Waals surface area contributed by atoms with Crippen LogP contribution in [0.3, 0.4) is 0 Å². The van der Waals surface area contributed by atoms with E-state index in [0.29, 0.717) is 5.92 Å². The molecule has 21 heavy (non-hydrogen) atoms. The van der Waals surface area contributed by atoms with Crippen LogP contribution in [0.2, 0.25) is 0 Å². The molecule has 1 amide bonds. The van der Waals surface area contributed by atoms with E-state index in [1.165, 1.54) is 25.0 Å². The van der Waals surface area contributed by atoms with E-state index in [9.17, 15) is 4.79 Å². The smallest absolute Gasteiger partial charge is 0.243 e. The molecule has 1 aromatic heterocycles. The number of nitrogens with two attached hydrogens (primary N) is 1. The summed E-state index contributed by atoms with van der Waals surface area (Å²) < 4.78 is 5.98. The fourth-order valence-corrected chi connectivity index (χ4v) is 3.19. The Labute approximate surface area is 133 Å². The van der Waals surface area contributed by atoms with E-state index in [2.05, 4.69) is 10.3 Å². The number of nitrogens with one attached hydrogen (secondary N) is 1. The number of hydrogen-bond acceptors (Lipinski definition) is 5. The van der Waals surface area contributed by atoms with Crippen molar-refractivity contribution in [2.24, 2.45) is 5.73 Å². The van der Waals surface area contributed by atoms with Gasteiger partial charge in [0.1, 0.15) is 6.04 Å². The molecule has 5 nitrogen and oxygen atoms in total. The van der Waals surface area contributed by atoms with Gasteiger partial charge < -0.3 is 15.8 Å². The average Bonchev–Trinajstić information content (AvgIpc) is 3.19. The lowest BCUT2D eigenvalue weighted by Gasteiger charge is -2.10. The molecule has 1 aromatic carbocycles. The molecule has 3 rings (SSSR count). The van der Waals surface area contributed by atoms with Gasteiger partial charge in [-0.3, -0.25) is 4.79 Å². The largest absolute Gasteiger partial charge is 0.383 e. The van der Waals surface area contributed by atoms with Crippen LogP contribution in [0.15, 0.2) is 18.2 Å². The SMILES string of the molecule is COCC(N)C(=O)Nc1ccc2nc(C3CC3)sc2c1.Cl. The first-order chi connectivity index (χ1) is 9.67. The van der Waals surface area contributed by atoms with E-state index < -0.39 is 6.04 Å². The second-order valence-corrected chi connectivity index (χ2v) is 6.12. The Morgan fingerprint density at radius 1 is 1.57 bits per heavy atom. The average molecular weight is 328 g/mol. The predicted molar refractivity (Wildman–Crippen MR) is 87.3 cm³/mol. The first-order valence-electron chi connectivity index (χ1n) is 6.63. The number of halogens is 1. The number of methoxy groups -OCH3 is 1. The summed E-state index contributed by atoms with van der Waals surface area (Å²) in [6.45, 7) is 0.209. The van der Waals surface area contributed by atoms with E-state index in [4.69, 9.17) is 10.5 Å². The number of carbonyl (C=O) groups excluding carboxylic acids is 1. The lowest BCUT2D eigenvalue weighted by molar-refractivity contribution is -0.118. The van der Waals surface area contributed by atoms with E-state index in [-0.39, 0.29) is 24.9 Å². The zero-order chi connectivity index (χ0) is 14.1. The topological polar surface area (TPSA) is 77.2 Å². The summed E-state index contributed by atoms with van der Waals surface area (Å²) in [6.07, 6.45) is 2.49. The maximum atomic E-state index is 11.8. The Bertz CT molecular complexity index is 642. The van der Waals surface area contributed by atoms with Crippen LogP contribution in [0, 0.1) is 0 Å². The third kappa shape index (κ3) is 3.71. The quantitative estimate of drug-likeness (QED) is 0.884. The molecule has 1 fully saturated rings. The van der Waals surface area contributed by atoms with Crippen LogP contribution in [0.25, 0.3) is 10.2 Å². The van der Waals surface area contributed by atoms with Crippen molar-refractivity contribution >= 4 is 45.6 Å².